The Bertz CT molecular complexity index is 881. The molecule has 44 heavy (non-hydrogen) atoms. The van der Waals surface area contributed by atoms with Gasteiger partial charge in [0.2, 0.25) is 17.7 Å². The summed E-state index contributed by atoms with van der Waals surface area (Å²) >= 11 is 0. The van der Waals surface area contributed by atoms with Crippen LogP contribution in [0, 0.1) is 41.4 Å². The highest BCUT2D eigenvalue weighted by molar-refractivity contribution is 5.79. The van der Waals surface area contributed by atoms with E-state index in [0.717, 1.165) is 26.1 Å². The first-order valence-corrected chi connectivity index (χ1v) is 18.3. The van der Waals surface area contributed by atoms with E-state index in [2.05, 4.69) is 70.1 Å². The SMILES string of the molecule is CC(C)C(=O)N1CCCC1C(C)C(C)C.CC(C)CC1(C)CCCN1C(=O)C(C)C.CC(C)CC1CCCN1C(=O)C(C)C. The highest BCUT2D eigenvalue weighted by atomic mass is 16.2. The number of carbonyl (C=O) groups excluding carboxylic acids is 3. The van der Waals surface area contributed by atoms with E-state index in [4.69, 9.17) is 0 Å². The second-order valence-electron chi connectivity index (χ2n) is 16.5. The van der Waals surface area contributed by atoms with Crippen LogP contribution in [0.15, 0.2) is 0 Å². The lowest BCUT2D eigenvalue weighted by Gasteiger charge is -2.37. The molecule has 0 aromatic rings. The predicted molar refractivity (Wildman–Crippen MR) is 186 cm³/mol. The number of nitrogens with zero attached hydrogens (tertiary/aromatic N) is 3. The van der Waals surface area contributed by atoms with E-state index in [0.29, 0.717) is 53.5 Å². The molecule has 3 aliphatic rings. The molecule has 4 atom stereocenters. The van der Waals surface area contributed by atoms with Crippen molar-refractivity contribution in [2.75, 3.05) is 19.6 Å². The highest BCUT2D eigenvalue weighted by Gasteiger charge is 2.40. The molecular weight excluding hydrogens is 546 g/mol. The lowest BCUT2D eigenvalue weighted by molar-refractivity contribution is -0.139. The van der Waals surface area contributed by atoms with Gasteiger partial charge in [0.15, 0.2) is 0 Å². The van der Waals surface area contributed by atoms with E-state index in [9.17, 15) is 14.4 Å². The number of likely N-dealkylation sites (tertiary alicyclic amines) is 3. The molecule has 0 aromatic carbocycles. The van der Waals surface area contributed by atoms with Gasteiger partial charge in [-0.25, -0.2) is 0 Å². The maximum atomic E-state index is 12.1. The molecule has 3 aliphatic heterocycles. The Morgan fingerprint density at radius 3 is 1.61 bits per heavy atom. The van der Waals surface area contributed by atoms with Crippen LogP contribution in [0.2, 0.25) is 0 Å². The molecule has 6 nitrogen and oxygen atoms in total. The minimum absolute atomic E-state index is 0.121. The first-order chi connectivity index (χ1) is 20.3. The maximum Gasteiger partial charge on any atom is 0.225 e. The van der Waals surface area contributed by atoms with Gasteiger partial charge >= 0.3 is 0 Å². The minimum Gasteiger partial charge on any atom is -0.339 e. The topological polar surface area (TPSA) is 60.9 Å². The van der Waals surface area contributed by atoms with Crippen LogP contribution in [-0.4, -0.2) is 69.7 Å². The van der Waals surface area contributed by atoms with E-state index in [1.807, 2.05) is 41.5 Å². The lowest BCUT2D eigenvalue weighted by atomic mass is 9.88. The third-order valence-corrected chi connectivity index (χ3v) is 9.99. The molecule has 3 saturated heterocycles. The predicted octanol–water partition coefficient (Wildman–Crippen LogP) is 8.67. The molecule has 6 heteroatoms. The van der Waals surface area contributed by atoms with E-state index >= 15 is 0 Å². The van der Waals surface area contributed by atoms with Gasteiger partial charge in [0.1, 0.15) is 0 Å². The Balaban J connectivity index is 0.000000330. The van der Waals surface area contributed by atoms with Crippen molar-refractivity contribution in [1.82, 2.24) is 14.7 Å². The smallest absolute Gasteiger partial charge is 0.225 e. The zero-order chi connectivity index (χ0) is 33.9. The van der Waals surface area contributed by atoms with Gasteiger partial charge in [0.05, 0.1) is 0 Å². The van der Waals surface area contributed by atoms with Gasteiger partial charge in [-0.3, -0.25) is 14.4 Å². The monoisotopic (exact) mass is 620 g/mol. The third kappa shape index (κ3) is 12.0. The summed E-state index contributed by atoms with van der Waals surface area (Å²) in [6, 6.07) is 1.00. The Kier molecular flexibility index (Phi) is 17.0. The molecule has 0 N–H and O–H groups in total. The van der Waals surface area contributed by atoms with Crippen molar-refractivity contribution in [2.45, 2.75) is 166 Å². The molecule has 0 bridgehead atoms. The average molecular weight is 620 g/mol. The van der Waals surface area contributed by atoms with Crippen LogP contribution in [0.5, 0.6) is 0 Å². The lowest BCUT2D eigenvalue weighted by Crippen LogP contribution is -2.47. The summed E-state index contributed by atoms with van der Waals surface area (Å²) in [4.78, 5) is 42.3. The molecule has 4 unspecified atom stereocenters. The molecule has 0 radical (unpaired) electrons. The number of amides is 3. The standard InChI is InChI=1S/2C13H25NO.C12H23NO/c1-10(2)9-13(5)7-6-8-14(13)12(15)11(3)4;1-9(2)11(5)12-7-6-8-14(12)13(15)10(3)4;1-9(2)8-11-6-5-7-13(11)12(14)10(3)4/h10-11H,6-9H2,1-5H3;9-12H,6-8H2,1-5H3;9-11H,5-8H2,1-4H3. The van der Waals surface area contributed by atoms with Crippen LogP contribution in [0.1, 0.15) is 148 Å². The van der Waals surface area contributed by atoms with Crippen molar-refractivity contribution < 1.29 is 14.4 Å². The van der Waals surface area contributed by atoms with Gasteiger partial charge in [0.25, 0.3) is 0 Å². The summed E-state index contributed by atoms with van der Waals surface area (Å²) in [7, 11) is 0. The fraction of sp³-hybridized carbons (Fsp3) is 0.921. The van der Waals surface area contributed by atoms with E-state index in [-0.39, 0.29) is 23.3 Å². The quantitative estimate of drug-likeness (QED) is 0.259. The van der Waals surface area contributed by atoms with Gasteiger partial charge in [-0.2, -0.15) is 0 Å². The second kappa shape index (κ2) is 18.5. The summed E-state index contributed by atoms with van der Waals surface area (Å²) in [5, 5.41) is 0. The zero-order valence-corrected chi connectivity index (χ0v) is 31.5. The van der Waals surface area contributed by atoms with Crippen molar-refractivity contribution in [3.63, 3.8) is 0 Å². The van der Waals surface area contributed by atoms with Crippen molar-refractivity contribution in [2.24, 2.45) is 41.4 Å². The second-order valence-corrected chi connectivity index (χ2v) is 16.5. The van der Waals surface area contributed by atoms with Crippen LogP contribution in [0.4, 0.5) is 0 Å². The number of carbonyl (C=O) groups is 3. The number of hydrogen-bond donors (Lipinski definition) is 0. The normalized spacial score (nSPS) is 24.4. The Morgan fingerprint density at radius 2 is 1.14 bits per heavy atom. The van der Waals surface area contributed by atoms with Gasteiger partial charge in [-0.05, 0) is 82.0 Å². The van der Waals surface area contributed by atoms with Crippen LogP contribution in [-0.2, 0) is 14.4 Å². The maximum absolute atomic E-state index is 12.1. The number of rotatable bonds is 9. The van der Waals surface area contributed by atoms with Crippen LogP contribution < -0.4 is 0 Å². The average Bonchev–Trinajstić information content (AvgIpc) is 3.66. The Hall–Kier alpha value is -1.59. The van der Waals surface area contributed by atoms with E-state index in [1.54, 1.807) is 0 Å². The molecule has 3 fully saturated rings. The van der Waals surface area contributed by atoms with E-state index in [1.165, 1.54) is 44.9 Å². The summed E-state index contributed by atoms with van der Waals surface area (Å²) < 4.78 is 0. The van der Waals surface area contributed by atoms with Crippen molar-refractivity contribution in [3.05, 3.63) is 0 Å². The summed E-state index contributed by atoms with van der Waals surface area (Å²) in [6.07, 6.45) is 9.40. The third-order valence-electron chi connectivity index (χ3n) is 9.99. The Labute approximate surface area is 273 Å². The summed E-state index contributed by atoms with van der Waals surface area (Å²) in [6.45, 7) is 32.9. The molecule has 0 aromatic heterocycles. The summed E-state index contributed by atoms with van der Waals surface area (Å²) in [5.74, 6) is 4.08. The summed E-state index contributed by atoms with van der Waals surface area (Å²) in [5.41, 5.74) is 0.121. The van der Waals surface area contributed by atoms with Gasteiger partial charge in [-0.1, -0.05) is 90.0 Å². The van der Waals surface area contributed by atoms with Crippen LogP contribution in [0.25, 0.3) is 0 Å². The fourth-order valence-corrected chi connectivity index (χ4v) is 7.44. The number of hydrogen-bond acceptors (Lipinski definition) is 3. The fourth-order valence-electron chi connectivity index (χ4n) is 7.44. The van der Waals surface area contributed by atoms with Crippen molar-refractivity contribution in [1.29, 1.82) is 0 Å². The van der Waals surface area contributed by atoms with Crippen molar-refractivity contribution in [3.8, 4) is 0 Å². The molecule has 0 aliphatic carbocycles. The molecule has 0 saturated carbocycles. The molecule has 3 amide bonds. The van der Waals surface area contributed by atoms with Gasteiger partial charge in [-0.15, -0.1) is 0 Å². The van der Waals surface area contributed by atoms with Gasteiger partial charge in [0, 0.05) is 55.0 Å². The highest BCUT2D eigenvalue weighted by Crippen LogP contribution is 2.35. The molecule has 0 spiro atoms. The minimum atomic E-state index is 0.121. The first kappa shape index (κ1) is 40.4. The van der Waals surface area contributed by atoms with E-state index < -0.39 is 0 Å². The zero-order valence-electron chi connectivity index (χ0n) is 31.5. The Morgan fingerprint density at radius 1 is 0.636 bits per heavy atom. The van der Waals surface area contributed by atoms with Gasteiger partial charge < -0.3 is 14.7 Å². The van der Waals surface area contributed by atoms with Crippen LogP contribution in [0.3, 0.4) is 0 Å². The van der Waals surface area contributed by atoms with Crippen LogP contribution >= 0.6 is 0 Å². The van der Waals surface area contributed by atoms with Crippen molar-refractivity contribution >= 4 is 17.7 Å². The molecule has 258 valence electrons. The molecule has 3 rings (SSSR count). The largest absolute Gasteiger partial charge is 0.339 e. The first-order valence-electron chi connectivity index (χ1n) is 18.3. The molecule has 3 heterocycles. The molecular formula is C38H73N3O3.